The van der Waals surface area contributed by atoms with Gasteiger partial charge in [0.1, 0.15) is 5.52 Å². The predicted molar refractivity (Wildman–Crippen MR) is 126 cm³/mol. The fourth-order valence-electron chi connectivity index (χ4n) is 5.07. The molecule has 3 unspecified atom stereocenters. The van der Waals surface area contributed by atoms with Crippen LogP contribution in [-0.4, -0.2) is 46.6 Å². The first-order valence-electron chi connectivity index (χ1n) is 10.8. The third kappa shape index (κ3) is 3.71. The molecular formula is C24H24ClN4OS. The lowest BCUT2D eigenvalue weighted by molar-refractivity contribution is -0.0504. The normalized spacial score (nSPS) is 26.5. The number of nitrogens with zero attached hydrogens (tertiary/aromatic N) is 4. The summed E-state index contributed by atoms with van der Waals surface area (Å²) < 4.78 is 6.05. The molecule has 2 fully saturated rings. The highest BCUT2D eigenvalue weighted by molar-refractivity contribution is 8.09. The van der Waals surface area contributed by atoms with Crippen molar-refractivity contribution < 1.29 is 4.42 Å². The second kappa shape index (κ2) is 7.76. The van der Waals surface area contributed by atoms with Gasteiger partial charge in [-0.2, -0.15) is 4.98 Å². The molecule has 5 nitrogen and oxygen atoms in total. The molecule has 2 bridgehead atoms. The fourth-order valence-corrected chi connectivity index (χ4v) is 6.29. The minimum atomic E-state index is 0.368. The second-order valence-corrected chi connectivity index (χ2v) is 10.5. The number of benzene rings is 2. The van der Waals surface area contributed by atoms with E-state index in [4.69, 9.17) is 21.0 Å². The minimum Gasteiger partial charge on any atom is -0.423 e. The summed E-state index contributed by atoms with van der Waals surface area (Å²) >= 11 is 8.01. The quantitative estimate of drug-likeness (QED) is 0.534. The van der Waals surface area contributed by atoms with Gasteiger partial charge in [-0.1, -0.05) is 53.7 Å². The highest BCUT2D eigenvalue weighted by Gasteiger charge is 2.39. The van der Waals surface area contributed by atoms with Crippen molar-refractivity contribution in [2.24, 2.45) is 11.8 Å². The number of halogens is 1. The molecule has 4 heterocycles. The zero-order valence-corrected chi connectivity index (χ0v) is 18.9. The molecule has 3 atom stereocenters. The molecule has 0 amide bonds. The van der Waals surface area contributed by atoms with Crippen LogP contribution in [0.4, 0.5) is 6.01 Å². The molecule has 2 saturated heterocycles. The maximum Gasteiger partial charge on any atom is 0.298 e. The number of oxazole rings is 1. The summed E-state index contributed by atoms with van der Waals surface area (Å²) in [6.07, 6.45) is 4.93. The van der Waals surface area contributed by atoms with Gasteiger partial charge in [-0.05, 0) is 48.9 Å². The van der Waals surface area contributed by atoms with Crippen LogP contribution in [0.3, 0.4) is 0 Å². The SMILES string of the molecule is CC1SC(c2ccccc2)=[C]N1N1CC2CC(CN(c3nc4cc(Cl)ccc4o3)C2)C1. The number of rotatable bonds is 3. The monoisotopic (exact) mass is 451 g/mol. The van der Waals surface area contributed by atoms with Gasteiger partial charge >= 0.3 is 0 Å². The van der Waals surface area contributed by atoms with E-state index in [1.807, 2.05) is 30.0 Å². The molecule has 31 heavy (non-hydrogen) atoms. The van der Waals surface area contributed by atoms with Crippen molar-refractivity contribution >= 4 is 45.4 Å². The van der Waals surface area contributed by atoms with Crippen molar-refractivity contribution in [2.75, 3.05) is 31.1 Å². The van der Waals surface area contributed by atoms with Gasteiger partial charge in [0.25, 0.3) is 6.01 Å². The summed E-state index contributed by atoms with van der Waals surface area (Å²) in [5.41, 5.74) is 2.88. The molecule has 0 N–H and O–H groups in total. The van der Waals surface area contributed by atoms with Gasteiger partial charge in [0.15, 0.2) is 5.58 Å². The molecule has 3 aliphatic heterocycles. The first-order valence-corrected chi connectivity index (χ1v) is 12.1. The Morgan fingerprint density at radius 2 is 1.84 bits per heavy atom. The maximum absolute atomic E-state index is 6.12. The van der Waals surface area contributed by atoms with Crippen LogP contribution in [0.25, 0.3) is 16.0 Å². The van der Waals surface area contributed by atoms with E-state index >= 15 is 0 Å². The molecular weight excluding hydrogens is 428 g/mol. The predicted octanol–water partition coefficient (Wildman–Crippen LogP) is 5.35. The number of fused-ring (bicyclic) bond motifs is 3. The van der Waals surface area contributed by atoms with Crippen LogP contribution in [-0.2, 0) is 0 Å². The summed E-state index contributed by atoms with van der Waals surface area (Å²) in [5.74, 6) is 1.18. The van der Waals surface area contributed by atoms with Gasteiger partial charge in [-0.25, -0.2) is 5.01 Å². The van der Waals surface area contributed by atoms with Gasteiger partial charge in [0.2, 0.25) is 0 Å². The van der Waals surface area contributed by atoms with Crippen LogP contribution in [0.1, 0.15) is 18.9 Å². The molecule has 0 spiro atoms. The topological polar surface area (TPSA) is 35.8 Å². The van der Waals surface area contributed by atoms with E-state index in [-0.39, 0.29) is 0 Å². The lowest BCUT2D eigenvalue weighted by Gasteiger charge is -2.48. The Morgan fingerprint density at radius 1 is 1.06 bits per heavy atom. The summed E-state index contributed by atoms with van der Waals surface area (Å²) in [6, 6.07) is 16.9. The fraction of sp³-hybridized carbons (Fsp3) is 0.375. The van der Waals surface area contributed by atoms with Gasteiger partial charge in [0, 0.05) is 36.1 Å². The molecule has 1 radical (unpaired) electrons. The van der Waals surface area contributed by atoms with Crippen molar-refractivity contribution in [1.82, 2.24) is 15.0 Å². The highest BCUT2D eigenvalue weighted by Crippen LogP contribution is 2.41. The van der Waals surface area contributed by atoms with Crippen molar-refractivity contribution in [1.29, 1.82) is 0 Å². The van der Waals surface area contributed by atoms with Gasteiger partial charge in [0.05, 0.1) is 11.6 Å². The van der Waals surface area contributed by atoms with Crippen LogP contribution in [0.15, 0.2) is 52.9 Å². The van der Waals surface area contributed by atoms with Crippen molar-refractivity contribution in [3.8, 4) is 0 Å². The van der Waals surface area contributed by atoms with Gasteiger partial charge in [-0.15, -0.1) is 0 Å². The average Bonchev–Trinajstić information content (AvgIpc) is 3.37. The second-order valence-electron chi connectivity index (χ2n) is 8.72. The molecule has 2 aromatic carbocycles. The first kappa shape index (κ1) is 19.5. The van der Waals surface area contributed by atoms with Crippen LogP contribution in [0.5, 0.6) is 0 Å². The Morgan fingerprint density at radius 3 is 2.61 bits per heavy atom. The van der Waals surface area contributed by atoms with Crippen molar-refractivity contribution in [3.05, 3.63) is 65.3 Å². The summed E-state index contributed by atoms with van der Waals surface area (Å²) in [5, 5.41) is 5.90. The number of hydrogen-bond donors (Lipinski definition) is 0. The Balaban J connectivity index is 1.18. The van der Waals surface area contributed by atoms with Gasteiger partial charge < -0.3 is 9.32 Å². The van der Waals surface area contributed by atoms with Crippen LogP contribution in [0.2, 0.25) is 5.02 Å². The Kier molecular flexibility index (Phi) is 4.89. The molecule has 3 aliphatic rings. The zero-order valence-electron chi connectivity index (χ0n) is 17.4. The Hall–Kier alpha value is -2.15. The summed E-state index contributed by atoms with van der Waals surface area (Å²) in [4.78, 5) is 8.26. The third-order valence-electron chi connectivity index (χ3n) is 6.36. The number of thioether (sulfide) groups is 1. The molecule has 0 saturated carbocycles. The van der Waals surface area contributed by atoms with E-state index in [0.717, 1.165) is 43.3 Å². The molecule has 159 valence electrons. The maximum atomic E-state index is 6.12. The van der Waals surface area contributed by atoms with E-state index < -0.39 is 0 Å². The van der Waals surface area contributed by atoms with Crippen molar-refractivity contribution in [2.45, 2.75) is 18.7 Å². The van der Waals surface area contributed by atoms with Crippen LogP contribution in [0, 0.1) is 18.0 Å². The highest BCUT2D eigenvalue weighted by atomic mass is 35.5. The van der Waals surface area contributed by atoms with E-state index in [1.54, 1.807) is 0 Å². The largest absolute Gasteiger partial charge is 0.423 e. The number of hydrazine groups is 1. The summed E-state index contributed by atoms with van der Waals surface area (Å²) in [7, 11) is 0. The lowest BCUT2D eigenvalue weighted by Crippen LogP contribution is -2.57. The number of piperidine rings is 2. The lowest BCUT2D eigenvalue weighted by atomic mass is 9.85. The summed E-state index contributed by atoms with van der Waals surface area (Å²) in [6.45, 7) is 6.29. The molecule has 1 aromatic heterocycles. The van der Waals surface area contributed by atoms with E-state index in [0.29, 0.717) is 22.2 Å². The zero-order chi connectivity index (χ0) is 20.9. The standard InChI is InChI=1S/C24H24ClN4OS/c1-16-29(15-23(31-16)19-5-3-2-4-6-19)28-13-17-9-18(14-28)12-27(11-17)24-26-21-10-20(25)7-8-22(21)30-24/h2-8,10,16-18H,9,11-14H2,1H3. The number of hydrogen-bond acceptors (Lipinski definition) is 6. The van der Waals surface area contributed by atoms with E-state index in [2.05, 4.69) is 58.4 Å². The van der Waals surface area contributed by atoms with Crippen LogP contribution >= 0.6 is 23.4 Å². The van der Waals surface area contributed by atoms with E-state index in [9.17, 15) is 0 Å². The van der Waals surface area contributed by atoms with Crippen LogP contribution < -0.4 is 4.90 Å². The molecule has 0 aliphatic carbocycles. The molecule has 7 heteroatoms. The third-order valence-corrected chi connectivity index (χ3v) is 7.70. The number of aromatic nitrogens is 1. The van der Waals surface area contributed by atoms with E-state index in [1.165, 1.54) is 16.9 Å². The van der Waals surface area contributed by atoms with Gasteiger partial charge in [-0.3, -0.25) is 5.01 Å². The average molecular weight is 452 g/mol. The Labute approximate surface area is 191 Å². The Bertz CT molecular complexity index is 1120. The molecule has 3 aromatic rings. The first-order chi connectivity index (χ1) is 15.1. The van der Waals surface area contributed by atoms with Crippen molar-refractivity contribution in [3.63, 3.8) is 0 Å². The minimum absolute atomic E-state index is 0.368. The smallest absolute Gasteiger partial charge is 0.298 e. The molecule has 6 rings (SSSR count). The number of anilines is 1.